The molecule has 7 heteroatoms. The summed E-state index contributed by atoms with van der Waals surface area (Å²) in [6.45, 7) is 4.53. The number of aromatic amines is 1. The second-order valence-corrected chi connectivity index (χ2v) is 7.64. The Hall–Kier alpha value is -1.82. The number of aryl methyl sites for hydroxylation is 2. The molecule has 0 atom stereocenters. The molecule has 1 aliphatic carbocycles. The third-order valence-electron chi connectivity index (χ3n) is 5.21. The maximum atomic E-state index is 12.0. The molecule has 0 bridgehead atoms. The Morgan fingerprint density at radius 3 is 2.81 bits per heavy atom. The van der Waals surface area contributed by atoms with Crippen LogP contribution < -0.4 is 0 Å². The van der Waals surface area contributed by atoms with Gasteiger partial charge in [0.05, 0.1) is 15.7 Å². The molecule has 4 rings (SSSR count). The van der Waals surface area contributed by atoms with Crippen molar-refractivity contribution in [1.82, 2.24) is 14.9 Å². The van der Waals surface area contributed by atoms with Crippen LogP contribution >= 0.6 is 23.2 Å². The van der Waals surface area contributed by atoms with Crippen LogP contribution in [0.3, 0.4) is 0 Å². The van der Waals surface area contributed by atoms with Crippen LogP contribution in [0.1, 0.15) is 29.1 Å². The SMILES string of the molecule is Cc1nc(-c2cc(Cl)c(Cl)c3c2C2=C(CCN(C(=O)CO)C2)C3)c(C)[nH]1. The number of aliphatic hydroxyl groups is 1. The minimum atomic E-state index is -0.471. The summed E-state index contributed by atoms with van der Waals surface area (Å²) in [4.78, 5) is 21.6. The molecule has 0 saturated heterocycles. The highest BCUT2D eigenvalue weighted by molar-refractivity contribution is 6.43. The van der Waals surface area contributed by atoms with E-state index in [4.69, 9.17) is 23.2 Å². The van der Waals surface area contributed by atoms with E-state index in [0.29, 0.717) is 23.1 Å². The Morgan fingerprint density at radius 2 is 2.15 bits per heavy atom. The van der Waals surface area contributed by atoms with Gasteiger partial charge in [0.15, 0.2) is 0 Å². The summed E-state index contributed by atoms with van der Waals surface area (Å²) in [7, 11) is 0. The molecule has 1 aromatic carbocycles. The van der Waals surface area contributed by atoms with Crippen molar-refractivity contribution >= 4 is 34.7 Å². The lowest BCUT2D eigenvalue weighted by atomic mass is 9.94. The van der Waals surface area contributed by atoms with Crippen molar-refractivity contribution < 1.29 is 9.90 Å². The minimum Gasteiger partial charge on any atom is -0.387 e. The van der Waals surface area contributed by atoms with Crippen molar-refractivity contribution in [3.8, 4) is 11.3 Å². The van der Waals surface area contributed by atoms with E-state index in [-0.39, 0.29) is 5.91 Å². The van der Waals surface area contributed by atoms with Gasteiger partial charge in [-0.1, -0.05) is 28.8 Å². The second-order valence-electron chi connectivity index (χ2n) is 6.85. The largest absolute Gasteiger partial charge is 0.387 e. The molecule has 0 unspecified atom stereocenters. The topological polar surface area (TPSA) is 69.2 Å². The number of halogens is 2. The van der Waals surface area contributed by atoms with E-state index in [1.807, 2.05) is 19.9 Å². The number of carbonyl (C=O) groups excluding carboxylic acids is 1. The van der Waals surface area contributed by atoms with Gasteiger partial charge >= 0.3 is 0 Å². The summed E-state index contributed by atoms with van der Waals surface area (Å²) in [5, 5.41) is 10.3. The fourth-order valence-electron chi connectivity index (χ4n) is 4.03. The Balaban J connectivity index is 1.89. The Labute approximate surface area is 161 Å². The van der Waals surface area contributed by atoms with Crippen LogP contribution in [0.25, 0.3) is 16.8 Å². The molecule has 2 aliphatic rings. The molecule has 1 aromatic heterocycles. The molecule has 2 heterocycles. The molecule has 2 N–H and O–H groups in total. The first-order chi connectivity index (χ1) is 12.4. The predicted molar refractivity (Wildman–Crippen MR) is 102 cm³/mol. The minimum absolute atomic E-state index is 0.251. The molecule has 0 spiro atoms. The molecule has 0 fully saturated rings. The molecular formula is C19H19Cl2N3O2. The number of amides is 1. The van der Waals surface area contributed by atoms with Crippen molar-refractivity contribution in [2.45, 2.75) is 26.7 Å². The number of benzene rings is 1. The third kappa shape index (κ3) is 2.66. The molecule has 2 aromatic rings. The highest BCUT2D eigenvalue weighted by Gasteiger charge is 2.33. The van der Waals surface area contributed by atoms with E-state index in [0.717, 1.165) is 52.3 Å². The number of imidazole rings is 1. The molecule has 0 radical (unpaired) electrons. The number of H-pyrrole nitrogens is 1. The van der Waals surface area contributed by atoms with Gasteiger partial charge in [-0.25, -0.2) is 4.98 Å². The maximum Gasteiger partial charge on any atom is 0.248 e. The lowest BCUT2D eigenvalue weighted by molar-refractivity contribution is -0.133. The van der Waals surface area contributed by atoms with Crippen LogP contribution in [0.15, 0.2) is 11.6 Å². The van der Waals surface area contributed by atoms with E-state index in [1.54, 1.807) is 4.90 Å². The van der Waals surface area contributed by atoms with Crippen molar-refractivity contribution in [2.24, 2.45) is 0 Å². The van der Waals surface area contributed by atoms with Crippen LogP contribution in [0.4, 0.5) is 0 Å². The van der Waals surface area contributed by atoms with Gasteiger partial charge in [0, 0.05) is 24.3 Å². The highest BCUT2D eigenvalue weighted by atomic mass is 35.5. The van der Waals surface area contributed by atoms with E-state index in [9.17, 15) is 9.90 Å². The number of hydrogen-bond donors (Lipinski definition) is 2. The van der Waals surface area contributed by atoms with Gasteiger partial charge in [0.2, 0.25) is 5.91 Å². The standard InChI is InChI=1S/C19H19Cl2N3O2/c1-9-19(23-10(2)22-9)13-6-15(20)18(21)12-5-11-3-4-24(16(26)8-25)7-14(11)17(12)13/h6,25H,3-5,7-8H2,1-2H3,(H,22,23). The van der Waals surface area contributed by atoms with Gasteiger partial charge in [0.1, 0.15) is 12.4 Å². The van der Waals surface area contributed by atoms with Crippen molar-refractivity contribution in [1.29, 1.82) is 0 Å². The number of rotatable bonds is 2. The first kappa shape index (κ1) is 17.6. The zero-order valence-electron chi connectivity index (χ0n) is 14.6. The molecule has 26 heavy (non-hydrogen) atoms. The van der Waals surface area contributed by atoms with Gasteiger partial charge in [0.25, 0.3) is 0 Å². The molecule has 136 valence electrons. The van der Waals surface area contributed by atoms with Crippen molar-refractivity contribution in [3.63, 3.8) is 0 Å². The Kier molecular flexibility index (Phi) is 4.34. The fraction of sp³-hybridized carbons (Fsp3) is 0.368. The monoisotopic (exact) mass is 391 g/mol. The van der Waals surface area contributed by atoms with Gasteiger partial charge in [-0.3, -0.25) is 4.79 Å². The average molecular weight is 392 g/mol. The van der Waals surface area contributed by atoms with E-state index in [1.165, 1.54) is 5.57 Å². The van der Waals surface area contributed by atoms with Crippen molar-refractivity contribution in [2.75, 3.05) is 19.7 Å². The van der Waals surface area contributed by atoms with E-state index in [2.05, 4.69) is 9.97 Å². The quantitative estimate of drug-likeness (QED) is 0.822. The molecule has 0 saturated carbocycles. The Morgan fingerprint density at radius 1 is 1.38 bits per heavy atom. The lowest BCUT2D eigenvalue weighted by Gasteiger charge is -2.28. The summed E-state index contributed by atoms with van der Waals surface area (Å²) in [5.74, 6) is 0.587. The summed E-state index contributed by atoms with van der Waals surface area (Å²) < 4.78 is 0. The number of nitrogens with one attached hydrogen (secondary N) is 1. The second kappa shape index (κ2) is 6.41. The summed E-state index contributed by atoms with van der Waals surface area (Å²) in [6, 6.07) is 1.87. The van der Waals surface area contributed by atoms with Gasteiger partial charge in [-0.05, 0) is 49.5 Å². The number of carbonyl (C=O) groups is 1. The van der Waals surface area contributed by atoms with Crippen molar-refractivity contribution in [3.05, 3.63) is 44.3 Å². The zero-order valence-corrected chi connectivity index (χ0v) is 16.1. The normalized spacial score (nSPS) is 16.1. The zero-order chi connectivity index (χ0) is 18.6. The lowest BCUT2D eigenvalue weighted by Crippen LogP contribution is -2.37. The van der Waals surface area contributed by atoms with Gasteiger partial charge < -0.3 is 15.0 Å². The molecular weight excluding hydrogens is 373 g/mol. The van der Waals surface area contributed by atoms with Crippen LogP contribution in [-0.2, 0) is 11.2 Å². The number of aromatic nitrogens is 2. The molecule has 1 aliphatic heterocycles. The van der Waals surface area contributed by atoms with Crippen LogP contribution in [0, 0.1) is 13.8 Å². The van der Waals surface area contributed by atoms with Crippen LogP contribution in [0.2, 0.25) is 10.0 Å². The van der Waals surface area contributed by atoms with Gasteiger partial charge in [-0.15, -0.1) is 0 Å². The first-order valence-electron chi connectivity index (χ1n) is 8.55. The number of nitrogens with zero attached hydrogens (tertiary/aromatic N) is 2. The number of hydrogen-bond acceptors (Lipinski definition) is 3. The highest BCUT2D eigenvalue weighted by Crippen LogP contribution is 2.48. The predicted octanol–water partition coefficient (Wildman–Crippen LogP) is 3.53. The van der Waals surface area contributed by atoms with Gasteiger partial charge in [-0.2, -0.15) is 0 Å². The fourth-order valence-corrected chi connectivity index (χ4v) is 4.47. The Bertz CT molecular complexity index is 962. The summed E-state index contributed by atoms with van der Waals surface area (Å²) in [5.41, 5.74) is 7.23. The smallest absolute Gasteiger partial charge is 0.248 e. The average Bonchev–Trinajstić information content (AvgIpc) is 3.16. The summed E-state index contributed by atoms with van der Waals surface area (Å²) in [6.07, 6.45) is 1.53. The summed E-state index contributed by atoms with van der Waals surface area (Å²) >= 11 is 12.9. The van der Waals surface area contributed by atoms with Crippen LogP contribution in [0.5, 0.6) is 0 Å². The van der Waals surface area contributed by atoms with Crippen LogP contribution in [-0.4, -0.2) is 45.6 Å². The number of aliphatic hydroxyl groups excluding tert-OH is 1. The van der Waals surface area contributed by atoms with E-state index >= 15 is 0 Å². The van der Waals surface area contributed by atoms with E-state index < -0.39 is 6.61 Å². The molecule has 5 nitrogen and oxygen atoms in total. The number of fused-ring (bicyclic) bond motifs is 2. The first-order valence-corrected chi connectivity index (χ1v) is 9.30. The maximum absolute atomic E-state index is 12.0. The molecule has 1 amide bonds. The third-order valence-corrected chi connectivity index (χ3v) is 6.04.